The Bertz CT molecular complexity index is 341. The van der Waals surface area contributed by atoms with Crippen molar-refractivity contribution in [3.8, 4) is 6.07 Å². The standard InChI is InChI=1S/C10H11FN2/c1-7-3-4-8(11)5-9(7)10(6-12)13-2/h3-5,10,13H,1-2H3. The van der Waals surface area contributed by atoms with Crippen molar-refractivity contribution in [2.75, 3.05) is 7.05 Å². The van der Waals surface area contributed by atoms with Crippen molar-refractivity contribution in [3.63, 3.8) is 0 Å². The fraction of sp³-hybridized carbons (Fsp3) is 0.300. The van der Waals surface area contributed by atoms with E-state index in [2.05, 4.69) is 11.4 Å². The molecule has 0 aromatic heterocycles. The van der Waals surface area contributed by atoms with Crippen LogP contribution in [0.5, 0.6) is 0 Å². The van der Waals surface area contributed by atoms with E-state index in [4.69, 9.17) is 5.26 Å². The monoisotopic (exact) mass is 178 g/mol. The maximum Gasteiger partial charge on any atom is 0.123 e. The van der Waals surface area contributed by atoms with Crippen LogP contribution in [0, 0.1) is 24.1 Å². The van der Waals surface area contributed by atoms with Gasteiger partial charge < -0.3 is 5.32 Å². The van der Waals surface area contributed by atoms with Crippen molar-refractivity contribution in [3.05, 3.63) is 35.1 Å². The second-order valence-electron chi connectivity index (χ2n) is 2.85. The number of nitrogens with one attached hydrogen (secondary N) is 1. The average molecular weight is 178 g/mol. The van der Waals surface area contributed by atoms with E-state index in [1.807, 2.05) is 6.92 Å². The van der Waals surface area contributed by atoms with Crippen molar-refractivity contribution < 1.29 is 4.39 Å². The summed E-state index contributed by atoms with van der Waals surface area (Å²) in [6, 6.07) is 6.08. The zero-order chi connectivity index (χ0) is 9.84. The molecule has 68 valence electrons. The molecule has 0 amide bonds. The van der Waals surface area contributed by atoms with Crippen molar-refractivity contribution in [2.24, 2.45) is 0 Å². The molecule has 0 spiro atoms. The van der Waals surface area contributed by atoms with Crippen molar-refractivity contribution in [1.29, 1.82) is 5.26 Å². The van der Waals surface area contributed by atoms with Gasteiger partial charge in [-0.15, -0.1) is 0 Å². The Balaban J connectivity index is 3.13. The van der Waals surface area contributed by atoms with Crippen LogP contribution < -0.4 is 5.32 Å². The van der Waals surface area contributed by atoms with E-state index in [-0.39, 0.29) is 5.82 Å². The molecule has 1 N–H and O–H groups in total. The topological polar surface area (TPSA) is 35.8 Å². The first kappa shape index (κ1) is 9.69. The summed E-state index contributed by atoms with van der Waals surface area (Å²) in [6.45, 7) is 1.86. The highest BCUT2D eigenvalue weighted by molar-refractivity contribution is 5.32. The number of hydrogen-bond donors (Lipinski definition) is 1. The summed E-state index contributed by atoms with van der Waals surface area (Å²) in [7, 11) is 1.68. The molecular formula is C10H11FN2. The molecule has 0 aliphatic carbocycles. The molecule has 0 saturated heterocycles. The first-order chi connectivity index (χ1) is 6.19. The van der Waals surface area contributed by atoms with Gasteiger partial charge in [0.05, 0.1) is 6.07 Å². The van der Waals surface area contributed by atoms with Crippen LogP contribution >= 0.6 is 0 Å². The molecule has 1 atom stereocenters. The van der Waals surface area contributed by atoms with Crippen LogP contribution in [-0.4, -0.2) is 7.05 Å². The van der Waals surface area contributed by atoms with Gasteiger partial charge in [0.1, 0.15) is 11.9 Å². The van der Waals surface area contributed by atoms with E-state index in [0.29, 0.717) is 5.56 Å². The van der Waals surface area contributed by atoms with Gasteiger partial charge >= 0.3 is 0 Å². The molecule has 1 rings (SSSR count). The predicted molar refractivity (Wildman–Crippen MR) is 48.6 cm³/mol. The van der Waals surface area contributed by atoms with Crippen LogP contribution in [0.4, 0.5) is 4.39 Å². The molecule has 0 aliphatic rings. The van der Waals surface area contributed by atoms with Gasteiger partial charge in [0.25, 0.3) is 0 Å². The Labute approximate surface area is 77.0 Å². The van der Waals surface area contributed by atoms with Crippen molar-refractivity contribution >= 4 is 0 Å². The van der Waals surface area contributed by atoms with E-state index >= 15 is 0 Å². The average Bonchev–Trinajstić information content (AvgIpc) is 2.13. The van der Waals surface area contributed by atoms with E-state index in [9.17, 15) is 4.39 Å². The minimum absolute atomic E-state index is 0.309. The van der Waals surface area contributed by atoms with Gasteiger partial charge in [-0.05, 0) is 37.2 Å². The third-order valence-electron chi connectivity index (χ3n) is 1.97. The summed E-state index contributed by atoms with van der Waals surface area (Å²) in [5.41, 5.74) is 1.62. The van der Waals surface area contributed by atoms with Gasteiger partial charge in [0, 0.05) is 0 Å². The van der Waals surface area contributed by atoms with Crippen LogP contribution in [0.1, 0.15) is 17.2 Å². The van der Waals surface area contributed by atoms with Gasteiger partial charge in [-0.3, -0.25) is 0 Å². The third-order valence-corrected chi connectivity index (χ3v) is 1.97. The summed E-state index contributed by atoms with van der Waals surface area (Å²) < 4.78 is 12.8. The smallest absolute Gasteiger partial charge is 0.123 e. The molecule has 0 aliphatic heterocycles. The Morgan fingerprint density at radius 3 is 2.77 bits per heavy atom. The zero-order valence-corrected chi connectivity index (χ0v) is 7.63. The second kappa shape index (κ2) is 4.01. The Hall–Kier alpha value is -1.40. The van der Waals surface area contributed by atoms with Crippen LogP contribution in [0.15, 0.2) is 18.2 Å². The highest BCUT2D eigenvalue weighted by atomic mass is 19.1. The van der Waals surface area contributed by atoms with Crippen LogP contribution in [-0.2, 0) is 0 Å². The summed E-state index contributed by atoms with van der Waals surface area (Å²) >= 11 is 0. The number of rotatable bonds is 2. The quantitative estimate of drug-likeness (QED) is 0.751. The predicted octanol–water partition coefficient (Wildman–Crippen LogP) is 1.92. The first-order valence-corrected chi connectivity index (χ1v) is 4.02. The molecule has 13 heavy (non-hydrogen) atoms. The van der Waals surface area contributed by atoms with Gasteiger partial charge in [-0.2, -0.15) is 5.26 Å². The largest absolute Gasteiger partial charge is 0.301 e. The maximum atomic E-state index is 12.8. The van der Waals surface area contributed by atoms with Crippen LogP contribution in [0.25, 0.3) is 0 Å². The Morgan fingerprint density at radius 2 is 2.23 bits per heavy atom. The SMILES string of the molecule is CNC(C#N)c1cc(F)ccc1C. The fourth-order valence-electron chi connectivity index (χ4n) is 1.21. The molecule has 1 unspecified atom stereocenters. The molecule has 0 radical (unpaired) electrons. The van der Waals surface area contributed by atoms with Crippen LogP contribution in [0.2, 0.25) is 0 Å². The number of nitrogens with zero attached hydrogens (tertiary/aromatic N) is 1. The van der Waals surface area contributed by atoms with E-state index < -0.39 is 6.04 Å². The lowest BCUT2D eigenvalue weighted by Gasteiger charge is -2.10. The molecule has 0 bridgehead atoms. The zero-order valence-electron chi connectivity index (χ0n) is 7.63. The molecule has 3 heteroatoms. The highest BCUT2D eigenvalue weighted by Gasteiger charge is 2.10. The van der Waals surface area contributed by atoms with Gasteiger partial charge in [-0.1, -0.05) is 6.07 Å². The lowest BCUT2D eigenvalue weighted by Crippen LogP contribution is -2.15. The normalized spacial score (nSPS) is 12.2. The van der Waals surface area contributed by atoms with Gasteiger partial charge in [-0.25, -0.2) is 4.39 Å². The third kappa shape index (κ3) is 2.04. The molecule has 1 aromatic rings. The Morgan fingerprint density at radius 1 is 1.54 bits per heavy atom. The second-order valence-corrected chi connectivity index (χ2v) is 2.85. The molecule has 2 nitrogen and oxygen atoms in total. The molecule has 1 aromatic carbocycles. The summed E-state index contributed by atoms with van der Waals surface area (Å²) in [6.07, 6.45) is 0. The first-order valence-electron chi connectivity index (χ1n) is 4.02. The minimum Gasteiger partial charge on any atom is -0.301 e. The Kier molecular flexibility index (Phi) is 2.99. The number of benzene rings is 1. The lowest BCUT2D eigenvalue weighted by molar-refractivity contribution is 0.619. The van der Waals surface area contributed by atoms with E-state index in [1.165, 1.54) is 12.1 Å². The van der Waals surface area contributed by atoms with Crippen LogP contribution in [0.3, 0.4) is 0 Å². The number of aryl methyl sites for hydroxylation is 1. The van der Waals surface area contributed by atoms with E-state index in [0.717, 1.165) is 5.56 Å². The lowest BCUT2D eigenvalue weighted by atomic mass is 10.0. The fourth-order valence-corrected chi connectivity index (χ4v) is 1.21. The van der Waals surface area contributed by atoms with E-state index in [1.54, 1.807) is 13.1 Å². The summed E-state index contributed by atoms with van der Waals surface area (Å²) in [5, 5.41) is 11.6. The highest BCUT2D eigenvalue weighted by Crippen LogP contribution is 2.17. The summed E-state index contributed by atoms with van der Waals surface area (Å²) in [5.74, 6) is -0.309. The number of nitriles is 1. The van der Waals surface area contributed by atoms with Crippen molar-refractivity contribution in [1.82, 2.24) is 5.32 Å². The van der Waals surface area contributed by atoms with Gasteiger partial charge in [0.15, 0.2) is 0 Å². The number of halogens is 1. The van der Waals surface area contributed by atoms with Crippen molar-refractivity contribution in [2.45, 2.75) is 13.0 Å². The molecule has 0 fully saturated rings. The molecule has 0 heterocycles. The van der Waals surface area contributed by atoms with Gasteiger partial charge in [0.2, 0.25) is 0 Å². The summed E-state index contributed by atoms with van der Waals surface area (Å²) in [4.78, 5) is 0. The maximum absolute atomic E-state index is 12.8. The molecular weight excluding hydrogens is 167 g/mol. The number of hydrogen-bond acceptors (Lipinski definition) is 2. The molecule has 0 saturated carbocycles. The minimum atomic E-state index is -0.435.